The Balaban J connectivity index is 2.15. The second-order valence-corrected chi connectivity index (χ2v) is 6.72. The van der Waals surface area contributed by atoms with Crippen LogP contribution in [0.5, 0.6) is 0 Å². The Morgan fingerprint density at radius 2 is 0.963 bits per heavy atom. The van der Waals surface area contributed by atoms with Crippen molar-refractivity contribution in [1.82, 2.24) is 4.98 Å². The Hall–Kier alpha value is -3.19. The molecule has 0 bridgehead atoms. The smallest absolute Gasteiger partial charge is 0.0489 e. The fourth-order valence-corrected chi connectivity index (χ4v) is 3.79. The number of aromatic nitrogens is 1. The van der Waals surface area contributed by atoms with E-state index in [4.69, 9.17) is 4.98 Å². The molecule has 0 N–H and O–H groups in total. The minimum Gasteiger partial charge on any atom is -0.257 e. The van der Waals surface area contributed by atoms with Gasteiger partial charge in [-0.1, -0.05) is 97.9 Å². The molecule has 1 nitrogen and oxygen atoms in total. The van der Waals surface area contributed by atoms with Crippen LogP contribution < -0.4 is 0 Å². The molecule has 3 aromatic carbocycles. The fraction of sp³-hybridized carbons (Fsp3) is 0.115. The van der Waals surface area contributed by atoms with Crippen LogP contribution in [0.4, 0.5) is 0 Å². The molecule has 4 rings (SSSR count). The minimum atomic E-state index is 0.903. The van der Waals surface area contributed by atoms with Gasteiger partial charge in [-0.15, -0.1) is 0 Å². The predicted octanol–water partition coefficient (Wildman–Crippen LogP) is 6.95. The van der Waals surface area contributed by atoms with Crippen molar-refractivity contribution in [1.29, 1.82) is 0 Å². The lowest BCUT2D eigenvalue weighted by Gasteiger charge is -2.21. The summed E-state index contributed by atoms with van der Waals surface area (Å²) in [7, 11) is 0. The van der Waals surface area contributed by atoms with Crippen LogP contribution in [0.15, 0.2) is 91.0 Å². The highest BCUT2D eigenvalue weighted by molar-refractivity contribution is 5.96. The number of pyridine rings is 1. The Labute approximate surface area is 161 Å². The molecule has 0 spiro atoms. The summed E-state index contributed by atoms with van der Waals surface area (Å²) >= 11 is 0. The molecule has 1 heterocycles. The molecule has 0 saturated carbocycles. The zero-order valence-electron chi connectivity index (χ0n) is 15.8. The maximum atomic E-state index is 5.03. The third-order valence-corrected chi connectivity index (χ3v) is 4.98. The van der Waals surface area contributed by atoms with E-state index in [1.165, 1.54) is 33.4 Å². The van der Waals surface area contributed by atoms with Gasteiger partial charge in [-0.05, 0) is 30.0 Å². The van der Waals surface area contributed by atoms with Crippen molar-refractivity contribution in [3.8, 4) is 33.4 Å². The highest BCUT2D eigenvalue weighted by Crippen LogP contribution is 2.42. The molecular formula is C26H23N. The first kappa shape index (κ1) is 17.2. The van der Waals surface area contributed by atoms with Crippen LogP contribution >= 0.6 is 0 Å². The van der Waals surface area contributed by atoms with E-state index in [0.717, 1.165) is 17.8 Å². The molecule has 0 radical (unpaired) electrons. The summed E-state index contributed by atoms with van der Waals surface area (Å²) in [4.78, 5) is 5.03. The molecule has 0 amide bonds. The van der Waals surface area contributed by atoms with Gasteiger partial charge in [0.1, 0.15) is 0 Å². The van der Waals surface area contributed by atoms with Gasteiger partial charge >= 0.3 is 0 Å². The average molecular weight is 349 g/mol. The third-order valence-electron chi connectivity index (χ3n) is 4.98. The van der Waals surface area contributed by atoms with E-state index in [1.54, 1.807) is 0 Å². The lowest BCUT2D eigenvalue weighted by Crippen LogP contribution is -2.02. The first-order valence-corrected chi connectivity index (χ1v) is 9.49. The predicted molar refractivity (Wildman–Crippen MR) is 115 cm³/mol. The van der Waals surface area contributed by atoms with E-state index in [1.807, 2.05) is 0 Å². The highest BCUT2D eigenvalue weighted by Gasteiger charge is 2.20. The molecule has 0 atom stereocenters. The van der Waals surface area contributed by atoms with Crippen molar-refractivity contribution in [2.24, 2.45) is 0 Å². The molecule has 27 heavy (non-hydrogen) atoms. The van der Waals surface area contributed by atoms with Crippen LogP contribution in [0.1, 0.15) is 18.3 Å². The molecule has 0 aliphatic rings. The zero-order valence-corrected chi connectivity index (χ0v) is 15.8. The standard InChI is InChI=1S/C26H23N/c1-3-23-25(21-15-9-5-10-16-21)26(22-17-11-6-12-18-22)24(19(2)27-23)20-13-7-4-8-14-20/h4-18H,3H2,1-2H3. The lowest BCUT2D eigenvalue weighted by atomic mass is 9.85. The number of aryl methyl sites for hydroxylation is 2. The van der Waals surface area contributed by atoms with Crippen molar-refractivity contribution < 1.29 is 0 Å². The molecule has 0 saturated heterocycles. The Bertz CT molecular complexity index is 1040. The van der Waals surface area contributed by atoms with E-state index in [0.29, 0.717) is 0 Å². The molecule has 1 aromatic heterocycles. The first-order valence-electron chi connectivity index (χ1n) is 9.49. The number of rotatable bonds is 4. The topological polar surface area (TPSA) is 12.9 Å². The van der Waals surface area contributed by atoms with Gasteiger partial charge < -0.3 is 0 Å². The van der Waals surface area contributed by atoms with Crippen molar-refractivity contribution in [3.63, 3.8) is 0 Å². The number of hydrogen-bond donors (Lipinski definition) is 0. The SMILES string of the molecule is CCc1nc(C)c(-c2ccccc2)c(-c2ccccc2)c1-c1ccccc1. The van der Waals surface area contributed by atoms with Crippen LogP contribution in [0.25, 0.3) is 33.4 Å². The van der Waals surface area contributed by atoms with Crippen LogP contribution in [-0.4, -0.2) is 4.98 Å². The minimum absolute atomic E-state index is 0.903. The van der Waals surface area contributed by atoms with E-state index in [9.17, 15) is 0 Å². The fourth-order valence-electron chi connectivity index (χ4n) is 3.79. The summed E-state index contributed by atoms with van der Waals surface area (Å²) in [6.07, 6.45) is 0.903. The summed E-state index contributed by atoms with van der Waals surface area (Å²) in [5.74, 6) is 0. The molecule has 0 aliphatic carbocycles. The van der Waals surface area contributed by atoms with Crippen molar-refractivity contribution in [3.05, 3.63) is 102 Å². The number of benzene rings is 3. The molecule has 4 aromatic rings. The van der Waals surface area contributed by atoms with Crippen LogP contribution in [0.2, 0.25) is 0 Å². The summed E-state index contributed by atoms with van der Waals surface area (Å²) in [5.41, 5.74) is 9.63. The van der Waals surface area contributed by atoms with Crippen LogP contribution in [-0.2, 0) is 6.42 Å². The number of nitrogens with zero attached hydrogens (tertiary/aromatic N) is 1. The van der Waals surface area contributed by atoms with Gasteiger partial charge in [0.05, 0.1) is 0 Å². The van der Waals surface area contributed by atoms with Gasteiger partial charge in [-0.2, -0.15) is 0 Å². The second-order valence-electron chi connectivity index (χ2n) is 6.72. The molecule has 1 heteroatoms. The van der Waals surface area contributed by atoms with E-state index in [-0.39, 0.29) is 0 Å². The first-order chi connectivity index (χ1) is 13.3. The zero-order chi connectivity index (χ0) is 18.6. The Morgan fingerprint density at radius 1 is 0.556 bits per heavy atom. The highest BCUT2D eigenvalue weighted by atomic mass is 14.7. The lowest BCUT2D eigenvalue weighted by molar-refractivity contribution is 1.01. The molecule has 0 unspecified atom stereocenters. The molecule has 0 fully saturated rings. The van der Waals surface area contributed by atoms with Crippen molar-refractivity contribution in [2.75, 3.05) is 0 Å². The van der Waals surface area contributed by atoms with Gasteiger partial charge in [-0.25, -0.2) is 0 Å². The summed E-state index contributed by atoms with van der Waals surface area (Å²) < 4.78 is 0. The van der Waals surface area contributed by atoms with Gasteiger partial charge in [0.2, 0.25) is 0 Å². The van der Waals surface area contributed by atoms with Gasteiger partial charge in [0.15, 0.2) is 0 Å². The summed E-state index contributed by atoms with van der Waals surface area (Å²) in [6, 6.07) is 32.0. The van der Waals surface area contributed by atoms with E-state index in [2.05, 4.69) is 105 Å². The molecular weight excluding hydrogens is 326 g/mol. The van der Waals surface area contributed by atoms with Crippen molar-refractivity contribution >= 4 is 0 Å². The average Bonchev–Trinajstić information content (AvgIpc) is 2.74. The number of hydrogen-bond acceptors (Lipinski definition) is 1. The molecule has 0 aliphatic heterocycles. The Morgan fingerprint density at radius 3 is 1.41 bits per heavy atom. The van der Waals surface area contributed by atoms with Gasteiger partial charge in [0, 0.05) is 28.1 Å². The summed E-state index contributed by atoms with van der Waals surface area (Å²) in [6.45, 7) is 4.31. The summed E-state index contributed by atoms with van der Waals surface area (Å²) in [5, 5.41) is 0. The third kappa shape index (κ3) is 3.29. The quantitative estimate of drug-likeness (QED) is 0.388. The van der Waals surface area contributed by atoms with Gasteiger partial charge in [-0.3, -0.25) is 4.98 Å². The Kier molecular flexibility index (Phi) is 4.84. The van der Waals surface area contributed by atoms with Crippen LogP contribution in [0, 0.1) is 6.92 Å². The largest absolute Gasteiger partial charge is 0.257 e. The van der Waals surface area contributed by atoms with Gasteiger partial charge in [0.25, 0.3) is 0 Å². The van der Waals surface area contributed by atoms with E-state index >= 15 is 0 Å². The van der Waals surface area contributed by atoms with Crippen molar-refractivity contribution in [2.45, 2.75) is 20.3 Å². The maximum Gasteiger partial charge on any atom is 0.0489 e. The molecule has 132 valence electrons. The van der Waals surface area contributed by atoms with Crippen LogP contribution in [0.3, 0.4) is 0 Å². The monoisotopic (exact) mass is 349 g/mol. The normalized spacial score (nSPS) is 10.7. The maximum absolute atomic E-state index is 5.03. The second kappa shape index (κ2) is 7.59. The van der Waals surface area contributed by atoms with E-state index < -0.39 is 0 Å².